The molecule has 1 rings (SSSR count). The number of aliphatic imine (C=N–C) groups is 1. The zero-order chi connectivity index (χ0) is 12.8. The van der Waals surface area contributed by atoms with Crippen molar-refractivity contribution in [1.82, 2.24) is 5.32 Å². The summed E-state index contributed by atoms with van der Waals surface area (Å²) < 4.78 is 5.09. The van der Waals surface area contributed by atoms with Crippen molar-refractivity contribution in [2.24, 2.45) is 10.7 Å². The van der Waals surface area contributed by atoms with Crippen LogP contribution in [0, 0.1) is 0 Å². The molecule has 0 aliphatic carbocycles. The number of ether oxygens (including phenoxy) is 1. The van der Waals surface area contributed by atoms with E-state index in [0.29, 0.717) is 22.8 Å². The first-order valence-corrected chi connectivity index (χ1v) is 5.45. The maximum Gasteiger partial charge on any atom is 0.254 e. The van der Waals surface area contributed by atoms with Crippen LogP contribution in [-0.4, -0.2) is 31.8 Å². The van der Waals surface area contributed by atoms with E-state index in [-0.39, 0.29) is 11.8 Å². The molecule has 1 aromatic rings. The third kappa shape index (κ3) is 3.35. The summed E-state index contributed by atoms with van der Waals surface area (Å²) in [5.74, 6) is 0.664. The molecule has 0 aromatic heterocycles. The van der Waals surface area contributed by atoms with Crippen molar-refractivity contribution in [3.8, 4) is 5.75 Å². The van der Waals surface area contributed by atoms with Crippen molar-refractivity contribution in [2.75, 3.05) is 20.0 Å². The Morgan fingerprint density at radius 2 is 2.29 bits per heavy atom. The van der Waals surface area contributed by atoms with Gasteiger partial charge in [-0.25, -0.2) is 4.99 Å². The first-order chi connectivity index (χ1) is 8.12. The Morgan fingerprint density at radius 3 is 2.82 bits per heavy atom. The molecule has 0 aliphatic rings. The minimum Gasteiger partial charge on any atom is -0.496 e. The molecule has 1 amide bonds. The Hall–Kier alpha value is -1.75. The van der Waals surface area contributed by atoms with Crippen LogP contribution in [0.4, 0.5) is 5.69 Å². The molecule has 0 saturated heterocycles. The van der Waals surface area contributed by atoms with Crippen LogP contribution >= 0.6 is 11.6 Å². The SMILES string of the molecule is CNC(=O)c1cc(N=C(N)CCl)ccc1OC. The van der Waals surface area contributed by atoms with Gasteiger partial charge in [-0.3, -0.25) is 4.79 Å². The van der Waals surface area contributed by atoms with Crippen molar-refractivity contribution in [3.05, 3.63) is 23.8 Å². The second kappa shape index (κ2) is 6.10. The van der Waals surface area contributed by atoms with Crippen LogP contribution in [0.2, 0.25) is 0 Å². The van der Waals surface area contributed by atoms with Gasteiger partial charge in [0.25, 0.3) is 5.91 Å². The van der Waals surface area contributed by atoms with Crippen LogP contribution in [0.1, 0.15) is 10.4 Å². The summed E-state index contributed by atoms with van der Waals surface area (Å²) in [5.41, 5.74) is 6.48. The minimum absolute atomic E-state index is 0.140. The van der Waals surface area contributed by atoms with Gasteiger partial charge in [-0.15, -0.1) is 11.6 Å². The maximum atomic E-state index is 11.6. The standard InChI is InChI=1S/C11H14ClN3O2/c1-14-11(16)8-5-7(15-10(13)6-12)3-4-9(8)17-2/h3-5H,6H2,1-2H3,(H2,13,15)(H,14,16). The lowest BCUT2D eigenvalue weighted by atomic mass is 10.1. The van der Waals surface area contributed by atoms with E-state index >= 15 is 0 Å². The zero-order valence-corrected chi connectivity index (χ0v) is 10.4. The normalized spacial score (nSPS) is 11.1. The van der Waals surface area contributed by atoms with Crippen molar-refractivity contribution in [2.45, 2.75) is 0 Å². The molecule has 0 bridgehead atoms. The van der Waals surface area contributed by atoms with Gasteiger partial charge in [0.05, 0.1) is 24.2 Å². The largest absolute Gasteiger partial charge is 0.496 e. The second-order valence-corrected chi connectivity index (χ2v) is 3.47. The van der Waals surface area contributed by atoms with Crippen LogP contribution in [0.25, 0.3) is 0 Å². The molecule has 0 atom stereocenters. The molecule has 0 unspecified atom stereocenters. The van der Waals surface area contributed by atoms with Gasteiger partial charge in [0.1, 0.15) is 11.6 Å². The number of methoxy groups -OCH3 is 1. The summed E-state index contributed by atoms with van der Waals surface area (Å²) >= 11 is 5.53. The summed E-state index contributed by atoms with van der Waals surface area (Å²) in [5, 5.41) is 2.53. The average Bonchev–Trinajstić information content (AvgIpc) is 2.37. The number of nitrogens with zero attached hydrogens (tertiary/aromatic N) is 1. The Morgan fingerprint density at radius 1 is 1.59 bits per heavy atom. The molecule has 6 heteroatoms. The summed E-state index contributed by atoms with van der Waals surface area (Å²) in [6.45, 7) is 0. The Balaban J connectivity index is 3.17. The Kier molecular flexibility index (Phi) is 4.78. The average molecular weight is 256 g/mol. The van der Waals surface area contributed by atoms with E-state index in [1.54, 1.807) is 25.2 Å². The van der Waals surface area contributed by atoms with Gasteiger partial charge in [0, 0.05) is 7.05 Å². The van der Waals surface area contributed by atoms with Crippen molar-refractivity contribution in [1.29, 1.82) is 0 Å². The van der Waals surface area contributed by atoms with E-state index in [4.69, 9.17) is 22.1 Å². The second-order valence-electron chi connectivity index (χ2n) is 3.20. The van der Waals surface area contributed by atoms with Gasteiger partial charge in [-0.1, -0.05) is 0 Å². The lowest BCUT2D eigenvalue weighted by Gasteiger charge is -2.08. The number of amidine groups is 1. The number of nitrogens with one attached hydrogen (secondary N) is 1. The van der Waals surface area contributed by atoms with Crippen molar-refractivity contribution in [3.63, 3.8) is 0 Å². The van der Waals surface area contributed by atoms with E-state index in [0.717, 1.165) is 0 Å². The van der Waals surface area contributed by atoms with Gasteiger partial charge in [-0.05, 0) is 18.2 Å². The number of amides is 1. The highest BCUT2D eigenvalue weighted by Crippen LogP contribution is 2.24. The summed E-state index contributed by atoms with van der Waals surface area (Å²) in [4.78, 5) is 15.7. The van der Waals surface area contributed by atoms with Gasteiger partial charge >= 0.3 is 0 Å². The predicted octanol–water partition coefficient (Wildman–Crippen LogP) is 1.28. The van der Waals surface area contributed by atoms with E-state index in [1.807, 2.05) is 0 Å². The molecule has 0 heterocycles. The molecule has 5 nitrogen and oxygen atoms in total. The summed E-state index contributed by atoms with van der Waals surface area (Å²) in [6, 6.07) is 4.95. The first kappa shape index (κ1) is 13.3. The minimum atomic E-state index is -0.247. The molecule has 1 aromatic carbocycles. The molecule has 0 saturated carbocycles. The molecule has 3 N–H and O–H groups in total. The highest BCUT2D eigenvalue weighted by atomic mass is 35.5. The number of benzene rings is 1. The quantitative estimate of drug-likeness (QED) is 0.483. The number of nitrogens with two attached hydrogens (primary N) is 1. The number of carbonyl (C=O) groups excluding carboxylic acids is 1. The lowest BCUT2D eigenvalue weighted by Crippen LogP contribution is -2.18. The summed E-state index contributed by atoms with van der Waals surface area (Å²) in [6.07, 6.45) is 0. The monoisotopic (exact) mass is 255 g/mol. The molecule has 0 aliphatic heterocycles. The van der Waals surface area contributed by atoms with Crippen LogP contribution < -0.4 is 15.8 Å². The maximum absolute atomic E-state index is 11.6. The fraction of sp³-hybridized carbons (Fsp3) is 0.273. The van der Waals surface area contributed by atoms with E-state index < -0.39 is 0 Å². The van der Waals surface area contributed by atoms with Gasteiger partial charge < -0.3 is 15.8 Å². The molecule has 0 spiro atoms. The highest BCUT2D eigenvalue weighted by Gasteiger charge is 2.11. The molecule has 0 fully saturated rings. The zero-order valence-electron chi connectivity index (χ0n) is 9.66. The van der Waals surface area contributed by atoms with Gasteiger partial charge in [0.15, 0.2) is 0 Å². The van der Waals surface area contributed by atoms with E-state index in [1.165, 1.54) is 7.11 Å². The third-order valence-corrected chi connectivity index (χ3v) is 2.34. The van der Waals surface area contributed by atoms with E-state index in [2.05, 4.69) is 10.3 Å². The van der Waals surface area contributed by atoms with Crippen LogP contribution in [-0.2, 0) is 0 Å². The Labute approximate surface area is 105 Å². The molecule has 17 heavy (non-hydrogen) atoms. The fourth-order valence-electron chi connectivity index (χ4n) is 1.27. The number of rotatable bonds is 4. The van der Waals surface area contributed by atoms with Gasteiger partial charge in [-0.2, -0.15) is 0 Å². The van der Waals surface area contributed by atoms with Gasteiger partial charge in [0.2, 0.25) is 0 Å². The number of hydrogen-bond acceptors (Lipinski definition) is 3. The highest BCUT2D eigenvalue weighted by molar-refractivity contribution is 6.28. The predicted molar refractivity (Wildman–Crippen MR) is 68.4 cm³/mol. The lowest BCUT2D eigenvalue weighted by molar-refractivity contribution is 0.0960. The topological polar surface area (TPSA) is 76.7 Å². The number of halogens is 1. The molecular formula is C11H14ClN3O2. The molecule has 0 radical (unpaired) electrons. The number of carbonyl (C=O) groups is 1. The molecular weight excluding hydrogens is 242 g/mol. The smallest absolute Gasteiger partial charge is 0.254 e. The number of alkyl halides is 1. The van der Waals surface area contributed by atoms with Crippen LogP contribution in [0.15, 0.2) is 23.2 Å². The summed E-state index contributed by atoms with van der Waals surface area (Å²) in [7, 11) is 3.04. The first-order valence-electron chi connectivity index (χ1n) is 4.91. The molecule has 92 valence electrons. The van der Waals surface area contributed by atoms with E-state index in [9.17, 15) is 4.79 Å². The van der Waals surface area contributed by atoms with Crippen LogP contribution in [0.3, 0.4) is 0 Å². The van der Waals surface area contributed by atoms with Crippen LogP contribution in [0.5, 0.6) is 5.75 Å². The van der Waals surface area contributed by atoms with Crippen molar-refractivity contribution >= 4 is 29.0 Å². The third-order valence-electron chi connectivity index (χ3n) is 2.06. The van der Waals surface area contributed by atoms with Crippen molar-refractivity contribution < 1.29 is 9.53 Å². The number of hydrogen-bond donors (Lipinski definition) is 2. The fourth-order valence-corrected chi connectivity index (χ4v) is 1.33. The Bertz CT molecular complexity index is 446.